The highest BCUT2D eigenvalue weighted by atomic mass is 32.2. The molecule has 1 heterocycles. The van der Waals surface area contributed by atoms with Crippen LogP contribution in [0.4, 0.5) is 0 Å². The summed E-state index contributed by atoms with van der Waals surface area (Å²) < 4.78 is 22.9. The Morgan fingerprint density at radius 3 is 2.33 bits per heavy atom. The van der Waals surface area contributed by atoms with Gasteiger partial charge in [0.05, 0.1) is 4.88 Å². The van der Waals surface area contributed by atoms with Crippen molar-refractivity contribution in [2.45, 2.75) is 41.9 Å². The molecule has 0 spiro atoms. The Kier molecular flexibility index (Phi) is 4.38. The van der Waals surface area contributed by atoms with Gasteiger partial charge in [0.2, 0.25) is 0 Å². The van der Waals surface area contributed by atoms with Crippen LogP contribution in [-0.4, -0.2) is 37.2 Å². The van der Waals surface area contributed by atoms with E-state index in [4.69, 9.17) is 0 Å². The maximum atomic E-state index is 12.2. The molecule has 0 saturated heterocycles. The predicted molar refractivity (Wildman–Crippen MR) is 78.3 cm³/mol. The molecule has 1 fully saturated rings. The molecule has 21 heavy (non-hydrogen) atoms. The van der Waals surface area contributed by atoms with Gasteiger partial charge in [0.15, 0.2) is 9.84 Å². The second kappa shape index (κ2) is 5.76. The average Bonchev–Trinajstić information content (AvgIpc) is 2.89. The minimum absolute atomic E-state index is 0.0978. The largest absolute Gasteiger partial charge is 0.480 e. The summed E-state index contributed by atoms with van der Waals surface area (Å²) in [5, 5.41) is 12.0. The van der Waals surface area contributed by atoms with E-state index < -0.39 is 27.3 Å². The maximum Gasteiger partial charge on any atom is 0.329 e. The first-order valence-corrected chi connectivity index (χ1v) is 9.31. The van der Waals surface area contributed by atoms with Crippen molar-refractivity contribution in [2.75, 3.05) is 6.26 Å². The van der Waals surface area contributed by atoms with Crippen molar-refractivity contribution < 1.29 is 23.1 Å². The monoisotopic (exact) mass is 331 g/mol. The van der Waals surface area contributed by atoms with Gasteiger partial charge in [0.1, 0.15) is 9.75 Å². The third-order valence-corrected chi connectivity index (χ3v) is 6.54. The van der Waals surface area contributed by atoms with Gasteiger partial charge in [-0.2, -0.15) is 0 Å². The topological polar surface area (TPSA) is 101 Å². The van der Waals surface area contributed by atoms with Crippen molar-refractivity contribution in [3.63, 3.8) is 0 Å². The standard InChI is InChI=1S/C13H17NO5S2/c1-21(18,19)10-6-5-9(20-10)11(15)14-13(12(16)17)7-3-2-4-8-13/h5-6H,2-4,7-8H2,1H3,(H,14,15)(H,16,17). The highest BCUT2D eigenvalue weighted by Crippen LogP contribution is 2.30. The van der Waals surface area contributed by atoms with E-state index in [0.29, 0.717) is 12.8 Å². The Labute approximate surface area is 127 Å². The molecule has 1 amide bonds. The number of carboxylic acid groups (broad SMARTS) is 1. The van der Waals surface area contributed by atoms with Crippen LogP contribution in [-0.2, 0) is 14.6 Å². The molecule has 1 aromatic rings. The summed E-state index contributed by atoms with van der Waals surface area (Å²) >= 11 is 0.854. The van der Waals surface area contributed by atoms with Crippen molar-refractivity contribution in [2.24, 2.45) is 0 Å². The molecule has 0 bridgehead atoms. The first kappa shape index (κ1) is 16.0. The van der Waals surface area contributed by atoms with Crippen LogP contribution in [0.3, 0.4) is 0 Å². The lowest BCUT2D eigenvalue weighted by Gasteiger charge is -2.33. The number of sulfone groups is 1. The van der Waals surface area contributed by atoms with E-state index in [0.717, 1.165) is 36.9 Å². The first-order valence-electron chi connectivity index (χ1n) is 6.60. The molecular weight excluding hydrogens is 314 g/mol. The van der Waals surface area contributed by atoms with E-state index in [2.05, 4.69) is 5.32 Å². The second-order valence-corrected chi connectivity index (χ2v) is 8.62. The fraction of sp³-hybridized carbons (Fsp3) is 0.538. The highest BCUT2D eigenvalue weighted by molar-refractivity contribution is 7.92. The average molecular weight is 331 g/mol. The Hall–Kier alpha value is -1.41. The number of hydrogen-bond acceptors (Lipinski definition) is 5. The number of aliphatic carboxylic acids is 1. The molecule has 1 saturated carbocycles. The van der Waals surface area contributed by atoms with E-state index in [9.17, 15) is 23.1 Å². The number of carbonyl (C=O) groups is 2. The first-order chi connectivity index (χ1) is 9.74. The summed E-state index contributed by atoms with van der Waals surface area (Å²) in [4.78, 5) is 23.9. The smallest absolute Gasteiger partial charge is 0.329 e. The van der Waals surface area contributed by atoms with Gasteiger partial charge in [-0.25, -0.2) is 13.2 Å². The third-order valence-electron chi connectivity index (χ3n) is 3.64. The molecule has 1 aliphatic carbocycles. The maximum absolute atomic E-state index is 12.2. The third kappa shape index (κ3) is 3.44. The van der Waals surface area contributed by atoms with Crippen molar-refractivity contribution in [3.8, 4) is 0 Å². The zero-order valence-corrected chi connectivity index (χ0v) is 13.2. The van der Waals surface area contributed by atoms with Crippen LogP contribution in [0, 0.1) is 0 Å². The molecule has 116 valence electrons. The van der Waals surface area contributed by atoms with Gasteiger partial charge in [-0.05, 0) is 25.0 Å². The number of carboxylic acids is 1. The molecule has 6 nitrogen and oxygen atoms in total. The number of amides is 1. The van der Waals surface area contributed by atoms with Gasteiger partial charge in [-0.15, -0.1) is 11.3 Å². The Morgan fingerprint density at radius 1 is 1.24 bits per heavy atom. The summed E-state index contributed by atoms with van der Waals surface area (Å²) in [6.45, 7) is 0. The number of rotatable bonds is 4. The molecule has 0 radical (unpaired) electrons. The highest BCUT2D eigenvalue weighted by Gasteiger charge is 2.41. The Bertz CT molecular complexity index is 656. The SMILES string of the molecule is CS(=O)(=O)c1ccc(C(=O)NC2(C(=O)O)CCCCC2)s1. The summed E-state index contributed by atoms with van der Waals surface area (Å²) in [7, 11) is -3.36. The lowest BCUT2D eigenvalue weighted by molar-refractivity contribution is -0.145. The lowest BCUT2D eigenvalue weighted by atomic mass is 9.81. The molecule has 1 aliphatic rings. The van der Waals surface area contributed by atoms with E-state index in [1.807, 2.05) is 0 Å². The number of thiophene rings is 1. The fourth-order valence-electron chi connectivity index (χ4n) is 2.47. The normalized spacial score (nSPS) is 18.1. The molecule has 2 N–H and O–H groups in total. The van der Waals surface area contributed by atoms with Crippen molar-refractivity contribution >= 4 is 33.1 Å². The summed E-state index contributed by atoms with van der Waals surface area (Å²) in [5.74, 6) is -1.56. The molecule has 2 rings (SSSR count). The lowest BCUT2D eigenvalue weighted by Crippen LogP contribution is -2.55. The molecule has 1 aromatic heterocycles. The van der Waals surface area contributed by atoms with Crippen LogP contribution in [0.25, 0.3) is 0 Å². The van der Waals surface area contributed by atoms with Crippen LogP contribution >= 0.6 is 11.3 Å². The molecule has 0 aromatic carbocycles. The van der Waals surface area contributed by atoms with Gasteiger partial charge >= 0.3 is 5.97 Å². The molecule has 0 unspecified atom stereocenters. The van der Waals surface area contributed by atoms with Crippen molar-refractivity contribution in [1.82, 2.24) is 5.32 Å². The molecule has 0 atom stereocenters. The quantitative estimate of drug-likeness (QED) is 0.874. The van der Waals surface area contributed by atoms with E-state index in [-0.39, 0.29) is 9.09 Å². The second-order valence-electron chi connectivity index (χ2n) is 5.29. The zero-order valence-electron chi connectivity index (χ0n) is 11.6. The van der Waals surface area contributed by atoms with Crippen LogP contribution in [0.5, 0.6) is 0 Å². The van der Waals surface area contributed by atoms with Crippen LogP contribution < -0.4 is 5.32 Å². The van der Waals surface area contributed by atoms with Crippen LogP contribution in [0.2, 0.25) is 0 Å². The van der Waals surface area contributed by atoms with Crippen molar-refractivity contribution in [3.05, 3.63) is 17.0 Å². The molecular formula is C13H17NO5S2. The summed E-state index contributed by atoms with van der Waals surface area (Å²) in [6.07, 6.45) is 4.34. The summed E-state index contributed by atoms with van der Waals surface area (Å²) in [5.41, 5.74) is -1.23. The van der Waals surface area contributed by atoms with Gasteiger partial charge in [0.25, 0.3) is 5.91 Å². The minimum Gasteiger partial charge on any atom is -0.480 e. The van der Waals surface area contributed by atoms with Gasteiger partial charge in [-0.3, -0.25) is 4.79 Å². The van der Waals surface area contributed by atoms with Crippen LogP contribution in [0.15, 0.2) is 16.3 Å². The summed E-state index contributed by atoms with van der Waals surface area (Å²) in [6, 6.07) is 2.78. The predicted octanol–water partition coefficient (Wildman–Crippen LogP) is 1.67. The minimum atomic E-state index is -3.36. The van der Waals surface area contributed by atoms with Crippen LogP contribution in [0.1, 0.15) is 41.8 Å². The Morgan fingerprint density at radius 2 is 1.86 bits per heavy atom. The van der Waals surface area contributed by atoms with Gasteiger partial charge < -0.3 is 10.4 Å². The zero-order chi connectivity index (χ0) is 15.7. The van der Waals surface area contributed by atoms with Gasteiger partial charge in [0, 0.05) is 6.26 Å². The van der Waals surface area contributed by atoms with Crippen molar-refractivity contribution in [1.29, 1.82) is 0 Å². The van der Waals surface area contributed by atoms with E-state index >= 15 is 0 Å². The Balaban J connectivity index is 2.20. The molecule has 8 heteroatoms. The van der Waals surface area contributed by atoms with Gasteiger partial charge in [-0.1, -0.05) is 19.3 Å². The molecule has 0 aliphatic heterocycles. The number of nitrogens with one attached hydrogen (secondary N) is 1. The fourth-order valence-corrected chi connectivity index (χ4v) is 4.29. The number of hydrogen-bond donors (Lipinski definition) is 2. The number of carbonyl (C=O) groups excluding carboxylic acids is 1. The van der Waals surface area contributed by atoms with E-state index in [1.165, 1.54) is 12.1 Å². The van der Waals surface area contributed by atoms with E-state index in [1.54, 1.807) is 0 Å².